The SMILES string of the molecule is CCOc1cc(N)cc(C(=O)N(C)C2CCSC2)c1. The van der Waals surface area contributed by atoms with E-state index in [1.807, 2.05) is 30.6 Å². The van der Waals surface area contributed by atoms with E-state index >= 15 is 0 Å². The second kappa shape index (κ2) is 6.19. The van der Waals surface area contributed by atoms with Crippen molar-refractivity contribution in [3.05, 3.63) is 23.8 Å². The number of nitrogen functional groups attached to an aromatic ring is 1. The molecule has 1 aromatic carbocycles. The van der Waals surface area contributed by atoms with Crippen LogP contribution in [0.25, 0.3) is 0 Å². The number of benzene rings is 1. The first kappa shape index (κ1) is 14.1. The van der Waals surface area contributed by atoms with Crippen LogP contribution >= 0.6 is 11.8 Å². The van der Waals surface area contributed by atoms with Gasteiger partial charge in [0.1, 0.15) is 5.75 Å². The summed E-state index contributed by atoms with van der Waals surface area (Å²) in [6.07, 6.45) is 1.06. The summed E-state index contributed by atoms with van der Waals surface area (Å²) < 4.78 is 5.43. The zero-order valence-corrected chi connectivity index (χ0v) is 12.2. The van der Waals surface area contributed by atoms with Crippen LogP contribution in [-0.4, -0.2) is 42.0 Å². The molecule has 19 heavy (non-hydrogen) atoms. The fraction of sp³-hybridized carbons (Fsp3) is 0.500. The average molecular weight is 280 g/mol. The first-order chi connectivity index (χ1) is 9.11. The maximum Gasteiger partial charge on any atom is 0.254 e. The molecule has 0 bridgehead atoms. The van der Waals surface area contributed by atoms with Crippen LogP contribution in [0, 0.1) is 0 Å². The number of hydrogen-bond acceptors (Lipinski definition) is 4. The molecule has 1 fully saturated rings. The highest BCUT2D eigenvalue weighted by Gasteiger charge is 2.25. The first-order valence-electron chi connectivity index (χ1n) is 6.50. The fourth-order valence-electron chi connectivity index (χ4n) is 2.19. The molecule has 1 atom stereocenters. The van der Waals surface area contributed by atoms with Crippen molar-refractivity contribution in [1.29, 1.82) is 0 Å². The van der Waals surface area contributed by atoms with Gasteiger partial charge in [-0.05, 0) is 31.2 Å². The summed E-state index contributed by atoms with van der Waals surface area (Å²) in [6, 6.07) is 5.55. The van der Waals surface area contributed by atoms with Crippen LogP contribution in [-0.2, 0) is 0 Å². The largest absolute Gasteiger partial charge is 0.494 e. The Morgan fingerprint density at radius 2 is 2.32 bits per heavy atom. The number of amides is 1. The topological polar surface area (TPSA) is 55.6 Å². The standard InChI is InChI=1S/C14H20N2O2S/c1-3-18-13-7-10(6-11(15)8-13)14(17)16(2)12-4-5-19-9-12/h6-8,12H,3-5,9,15H2,1-2H3. The molecule has 0 spiro atoms. The number of nitrogens with two attached hydrogens (primary N) is 1. The van der Waals surface area contributed by atoms with Crippen molar-refractivity contribution in [2.45, 2.75) is 19.4 Å². The minimum absolute atomic E-state index is 0.0146. The zero-order chi connectivity index (χ0) is 13.8. The Bertz CT molecular complexity index is 459. The van der Waals surface area contributed by atoms with Gasteiger partial charge in [-0.15, -0.1) is 0 Å². The molecule has 1 unspecified atom stereocenters. The van der Waals surface area contributed by atoms with Gasteiger partial charge >= 0.3 is 0 Å². The van der Waals surface area contributed by atoms with E-state index in [1.54, 1.807) is 18.2 Å². The molecule has 2 N–H and O–H groups in total. The monoisotopic (exact) mass is 280 g/mol. The second-order valence-corrected chi connectivity index (χ2v) is 5.81. The molecule has 0 aliphatic carbocycles. The third-order valence-electron chi connectivity index (χ3n) is 3.26. The van der Waals surface area contributed by atoms with E-state index < -0.39 is 0 Å². The number of anilines is 1. The molecule has 0 saturated carbocycles. The van der Waals surface area contributed by atoms with Crippen LogP contribution < -0.4 is 10.5 Å². The Balaban J connectivity index is 2.17. The molecule has 0 aromatic heterocycles. The highest BCUT2D eigenvalue weighted by Crippen LogP contribution is 2.25. The third-order valence-corrected chi connectivity index (χ3v) is 4.41. The molecule has 4 nitrogen and oxygen atoms in total. The molecule has 0 radical (unpaired) electrons. The van der Waals surface area contributed by atoms with Gasteiger partial charge in [0, 0.05) is 36.2 Å². The van der Waals surface area contributed by atoms with Gasteiger partial charge in [0.05, 0.1) is 6.61 Å². The van der Waals surface area contributed by atoms with E-state index in [2.05, 4.69) is 0 Å². The van der Waals surface area contributed by atoms with E-state index in [0.717, 1.165) is 17.9 Å². The van der Waals surface area contributed by atoms with Gasteiger partial charge in [0.15, 0.2) is 0 Å². The van der Waals surface area contributed by atoms with Crippen molar-refractivity contribution >= 4 is 23.4 Å². The van der Waals surface area contributed by atoms with Crippen LogP contribution in [0.2, 0.25) is 0 Å². The van der Waals surface area contributed by atoms with E-state index in [4.69, 9.17) is 10.5 Å². The predicted octanol–water partition coefficient (Wildman–Crippen LogP) is 2.25. The number of carbonyl (C=O) groups is 1. The van der Waals surface area contributed by atoms with Gasteiger partial charge in [-0.3, -0.25) is 4.79 Å². The van der Waals surface area contributed by atoms with Gasteiger partial charge in [0.2, 0.25) is 0 Å². The average Bonchev–Trinajstić information content (AvgIpc) is 2.90. The van der Waals surface area contributed by atoms with Gasteiger partial charge in [-0.2, -0.15) is 11.8 Å². The Morgan fingerprint density at radius 3 is 2.95 bits per heavy atom. The number of rotatable bonds is 4. The lowest BCUT2D eigenvalue weighted by molar-refractivity contribution is 0.0747. The van der Waals surface area contributed by atoms with Crippen molar-refractivity contribution < 1.29 is 9.53 Å². The number of thioether (sulfide) groups is 1. The fourth-order valence-corrected chi connectivity index (χ4v) is 3.46. The van der Waals surface area contributed by atoms with Crippen LogP contribution in [0.3, 0.4) is 0 Å². The molecular formula is C14H20N2O2S. The highest BCUT2D eigenvalue weighted by atomic mass is 32.2. The molecule has 1 aliphatic rings. The predicted molar refractivity (Wildman–Crippen MR) is 79.8 cm³/mol. The van der Waals surface area contributed by atoms with E-state index in [0.29, 0.717) is 29.6 Å². The Kier molecular flexibility index (Phi) is 4.58. The van der Waals surface area contributed by atoms with Crippen LogP contribution in [0.1, 0.15) is 23.7 Å². The van der Waals surface area contributed by atoms with Crippen molar-refractivity contribution in [1.82, 2.24) is 4.90 Å². The van der Waals surface area contributed by atoms with Crippen molar-refractivity contribution in [3.63, 3.8) is 0 Å². The summed E-state index contributed by atoms with van der Waals surface area (Å²) >= 11 is 1.89. The van der Waals surface area contributed by atoms with Gasteiger partial charge in [0.25, 0.3) is 5.91 Å². The summed E-state index contributed by atoms with van der Waals surface area (Å²) in [4.78, 5) is 14.3. The lowest BCUT2D eigenvalue weighted by Crippen LogP contribution is -2.37. The summed E-state index contributed by atoms with van der Waals surface area (Å²) in [5.41, 5.74) is 6.98. The third kappa shape index (κ3) is 3.35. The molecule has 1 saturated heterocycles. The van der Waals surface area contributed by atoms with E-state index in [-0.39, 0.29) is 5.91 Å². The Hall–Kier alpha value is -1.36. The maximum absolute atomic E-state index is 12.4. The summed E-state index contributed by atoms with van der Waals surface area (Å²) in [7, 11) is 1.86. The summed E-state index contributed by atoms with van der Waals surface area (Å²) in [5.74, 6) is 2.81. The highest BCUT2D eigenvalue weighted by molar-refractivity contribution is 7.99. The van der Waals surface area contributed by atoms with Crippen molar-refractivity contribution in [3.8, 4) is 5.75 Å². The molecule has 1 aromatic rings. The molecule has 104 valence electrons. The summed E-state index contributed by atoms with van der Waals surface area (Å²) in [5, 5.41) is 0. The first-order valence-corrected chi connectivity index (χ1v) is 7.65. The number of carbonyl (C=O) groups excluding carboxylic acids is 1. The van der Waals surface area contributed by atoms with Crippen LogP contribution in [0.4, 0.5) is 5.69 Å². The normalized spacial score (nSPS) is 18.3. The van der Waals surface area contributed by atoms with Crippen molar-refractivity contribution in [2.24, 2.45) is 0 Å². The molecule has 5 heteroatoms. The minimum atomic E-state index is 0.0146. The second-order valence-electron chi connectivity index (χ2n) is 4.66. The Morgan fingerprint density at radius 1 is 1.53 bits per heavy atom. The van der Waals surface area contributed by atoms with E-state index in [9.17, 15) is 4.79 Å². The van der Waals surface area contributed by atoms with Gasteiger partial charge in [-0.25, -0.2) is 0 Å². The molecule has 2 rings (SSSR count). The molecular weight excluding hydrogens is 260 g/mol. The van der Waals surface area contributed by atoms with Crippen LogP contribution in [0.5, 0.6) is 5.75 Å². The molecule has 1 amide bonds. The van der Waals surface area contributed by atoms with Gasteiger partial charge in [-0.1, -0.05) is 0 Å². The van der Waals surface area contributed by atoms with Gasteiger partial charge < -0.3 is 15.4 Å². The number of hydrogen-bond donors (Lipinski definition) is 1. The lowest BCUT2D eigenvalue weighted by Gasteiger charge is -2.24. The molecule has 1 heterocycles. The smallest absolute Gasteiger partial charge is 0.254 e. The zero-order valence-electron chi connectivity index (χ0n) is 11.4. The maximum atomic E-state index is 12.4. The van der Waals surface area contributed by atoms with E-state index in [1.165, 1.54) is 0 Å². The number of nitrogens with zero attached hydrogens (tertiary/aromatic N) is 1. The summed E-state index contributed by atoms with van der Waals surface area (Å²) in [6.45, 7) is 2.47. The van der Waals surface area contributed by atoms with Crippen molar-refractivity contribution in [2.75, 3.05) is 30.9 Å². The van der Waals surface area contributed by atoms with Crippen LogP contribution in [0.15, 0.2) is 18.2 Å². The lowest BCUT2D eigenvalue weighted by atomic mass is 10.1. The minimum Gasteiger partial charge on any atom is -0.494 e. The number of ether oxygens (including phenoxy) is 1. The Labute approximate surface area is 118 Å². The molecule has 1 aliphatic heterocycles. The quantitative estimate of drug-likeness (QED) is 0.859.